The number of aryl methyl sites for hydroxylation is 1. The van der Waals surface area contributed by atoms with Gasteiger partial charge in [0.05, 0.1) is 4.90 Å². The van der Waals surface area contributed by atoms with Crippen LogP contribution in [0.5, 0.6) is 0 Å². The molecule has 1 heterocycles. The Morgan fingerprint density at radius 3 is 2.53 bits per heavy atom. The second-order valence-corrected chi connectivity index (χ2v) is 7.17. The molecule has 0 aliphatic carbocycles. The molecule has 1 fully saturated rings. The van der Waals surface area contributed by atoms with Crippen LogP contribution in [0.25, 0.3) is 0 Å². The van der Waals surface area contributed by atoms with Crippen LogP contribution in [0.3, 0.4) is 0 Å². The normalized spacial score (nSPS) is 23.7. The van der Waals surface area contributed by atoms with E-state index in [1.165, 1.54) is 5.56 Å². The molecule has 0 saturated carbocycles. The first-order chi connectivity index (χ1) is 8.95. The lowest BCUT2D eigenvalue weighted by Gasteiger charge is -2.24. The summed E-state index contributed by atoms with van der Waals surface area (Å²) < 4.78 is 27.5. The van der Waals surface area contributed by atoms with Crippen molar-refractivity contribution in [2.45, 2.75) is 43.5 Å². The third-order valence-electron chi connectivity index (χ3n) is 3.52. The molecule has 5 heteroatoms. The van der Waals surface area contributed by atoms with Crippen molar-refractivity contribution < 1.29 is 8.42 Å². The van der Waals surface area contributed by atoms with Gasteiger partial charge >= 0.3 is 0 Å². The Kier molecular flexibility index (Phi) is 4.28. The van der Waals surface area contributed by atoms with Crippen LogP contribution in [-0.2, 0) is 16.4 Å². The maximum absolute atomic E-state index is 12.3. The highest BCUT2D eigenvalue weighted by Crippen LogP contribution is 2.19. The number of sulfonamides is 1. The molecule has 0 radical (unpaired) electrons. The highest BCUT2D eigenvalue weighted by atomic mass is 32.2. The van der Waals surface area contributed by atoms with Crippen molar-refractivity contribution in [3.63, 3.8) is 0 Å². The molecule has 4 nitrogen and oxygen atoms in total. The summed E-state index contributed by atoms with van der Waals surface area (Å²) in [5.41, 5.74) is 0.802. The monoisotopic (exact) mass is 282 g/mol. The molecule has 1 aromatic carbocycles. The van der Waals surface area contributed by atoms with Crippen molar-refractivity contribution >= 4 is 10.0 Å². The maximum atomic E-state index is 12.3. The molecule has 1 saturated heterocycles. The van der Waals surface area contributed by atoms with Crippen LogP contribution < -0.4 is 10.0 Å². The van der Waals surface area contributed by atoms with E-state index in [1.807, 2.05) is 19.1 Å². The van der Waals surface area contributed by atoms with E-state index in [4.69, 9.17) is 0 Å². The minimum atomic E-state index is -3.42. The van der Waals surface area contributed by atoms with Gasteiger partial charge in [-0.1, -0.05) is 25.5 Å². The molecule has 1 aliphatic heterocycles. The van der Waals surface area contributed by atoms with Crippen LogP contribution in [0, 0.1) is 0 Å². The van der Waals surface area contributed by atoms with Crippen LogP contribution in [0.4, 0.5) is 0 Å². The van der Waals surface area contributed by atoms with E-state index in [2.05, 4.69) is 17.0 Å². The van der Waals surface area contributed by atoms with Gasteiger partial charge in [0.25, 0.3) is 0 Å². The Labute approximate surface area is 115 Å². The minimum absolute atomic E-state index is 0.348. The summed E-state index contributed by atoms with van der Waals surface area (Å²) in [5.74, 6) is 0. The molecule has 0 aromatic heterocycles. The maximum Gasteiger partial charge on any atom is 0.241 e. The van der Waals surface area contributed by atoms with Crippen molar-refractivity contribution in [2.75, 3.05) is 13.1 Å². The van der Waals surface area contributed by atoms with E-state index in [9.17, 15) is 8.42 Å². The van der Waals surface area contributed by atoms with Crippen LogP contribution in [-0.4, -0.2) is 27.0 Å². The molecule has 1 unspecified atom stereocenters. The zero-order valence-corrected chi connectivity index (χ0v) is 12.4. The second kappa shape index (κ2) is 5.61. The molecule has 0 spiro atoms. The first-order valence-electron chi connectivity index (χ1n) is 6.79. The van der Waals surface area contributed by atoms with Crippen molar-refractivity contribution in [3.05, 3.63) is 29.8 Å². The molecule has 1 aromatic rings. The summed E-state index contributed by atoms with van der Waals surface area (Å²) in [6, 6.07) is 7.18. The topological polar surface area (TPSA) is 58.2 Å². The van der Waals surface area contributed by atoms with Crippen LogP contribution >= 0.6 is 0 Å². The van der Waals surface area contributed by atoms with Crippen molar-refractivity contribution in [3.8, 4) is 0 Å². The van der Waals surface area contributed by atoms with Crippen molar-refractivity contribution in [1.29, 1.82) is 0 Å². The molecular weight excluding hydrogens is 260 g/mol. The van der Waals surface area contributed by atoms with Gasteiger partial charge in [0.15, 0.2) is 0 Å². The molecule has 1 aliphatic rings. The third kappa shape index (κ3) is 3.55. The van der Waals surface area contributed by atoms with Gasteiger partial charge in [-0.25, -0.2) is 13.1 Å². The summed E-state index contributed by atoms with van der Waals surface area (Å²) in [4.78, 5) is 0.348. The van der Waals surface area contributed by atoms with E-state index in [1.54, 1.807) is 12.1 Å². The molecule has 106 valence electrons. The zero-order chi connectivity index (χ0) is 13.9. The number of hydrogen-bond donors (Lipinski definition) is 2. The zero-order valence-electron chi connectivity index (χ0n) is 11.6. The van der Waals surface area contributed by atoms with E-state index in [-0.39, 0.29) is 5.54 Å². The van der Waals surface area contributed by atoms with Crippen LogP contribution in [0.1, 0.15) is 32.3 Å². The van der Waals surface area contributed by atoms with Gasteiger partial charge in [-0.3, -0.25) is 0 Å². The lowest BCUT2D eigenvalue weighted by molar-refractivity contribution is 0.452. The molecule has 19 heavy (non-hydrogen) atoms. The molecule has 2 N–H and O–H groups in total. The van der Waals surface area contributed by atoms with Gasteiger partial charge in [0.1, 0.15) is 0 Å². The second-order valence-electron chi connectivity index (χ2n) is 5.49. The van der Waals surface area contributed by atoms with Crippen molar-refractivity contribution in [2.24, 2.45) is 0 Å². The fraction of sp³-hybridized carbons (Fsp3) is 0.571. The van der Waals surface area contributed by atoms with Gasteiger partial charge in [-0.2, -0.15) is 0 Å². The third-order valence-corrected chi connectivity index (χ3v) is 5.18. The summed E-state index contributed by atoms with van der Waals surface area (Å²) in [6.45, 7) is 5.59. The Morgan fingerprint density at radius 1 is 1.32 bits per heavy atom. The van der Waals surface area contributed by atoms with Crippen molar-refractivity contribution in [1.82, 2.24) is 10.0 Å². The van der Waals surface area contributed by atoms with Gasteiger partial charge in [-0.15, -0.1) is 0 Å². The number of nitrogens with one attached hydrogen (secondary N) is 2. The fourth-order valence-electron chi connectivity index (χ4n) is 2.41. The summed E-state index contributed by atoms with van der Waals surface area (Å²) in [5, 5.41) is 3.19. The average Bonchev–Trinajstić information content (AvgIpc) is 2.76. The molecule has 1 atom stereocenters. The molecule has 0 amide bonds. The quantitative estimate of drug-likeness (QED) is 0.863. The minimum Gasteiger partial charge on any atom is -0.315 e. The predicted octanol–water partition coefficient (Wildman–Crippen LogP) is 1.67. The number of hydrogen-bond acceptors (Lipinski definition) is 3. The van der Waals surface area contributed by atoms with E-state index >= 15 is 0 Å². The van der Waals surface area contributed by atoms with Crippen LogP contribution in [0.2, 0.25) is 0 Å². The number of rotatable bonds is 5. The Morgan fingerprint density at radius 2 is 2.00 bits per heavy atom. The smallest absolute Gasteiger partial charge is 0.241 e. The summed E-state index contributed by atoms with van der Waals surface area (Å²) in [7, 11) is -3.42. The lowest BCUT2D eigenvalue weighted by atomic mass is 10.0. The first-order valence-corrected chi connectivity index (χ1v) is 8.27. The van der Waals surface area contributed by atoms with E-state index in [0.29, 0.717) is 11.4 Å². The van der Waals surface area contributed by atoms with E-state index in [0.717, 1.165) is 25.8 Å². The van der Waals surface area contributed by atoms with Gasteiger partial charge in [0, 0.05) is 12.1 Å². The summed E-state index contributed by atoms with van der Waals surface area (Å²) in [6.07, 6.45) is 2.86. The molecule has 2 rings (SSSR count). The van der Waals surface area contributed by atoms with Crippen LogP contribution in [0.15, 0.2) is 29.2 Å². The predicted molar refractivity (Wildman–Crippen MR) is 76.7 cm³/mol. The van der Waals surface area contributed by atoms with E-state index < -0.39 is 10.0 Å². The highest BCUT2D eigenvalue weighted by Gasteiger charge is 2.33. The van der Waals surface area contributed by atoms with Gasteiger partial charge in [-0.05, 0) is 44.0 Å². The SMILES string of the molecule is CCCc1ccc(S(=O)(=O)NC2(C)CCNC2)cc1. The Hall–Kier alpha value is -0.910. The largest absolute Gasteiger partial charge is 0.315 e. The fourth-order valence-corrected chi connectivity index (χ4v) is 3.85. The van der Waals surface area contributed by atoms with Gasteiger partial charge < -0.3 is 5.32 Å². The Balaban J connectivity index is 2.15. The van der Waals surface area contributed by atoms with Gasteiger partial charge in [0.2, 0.25) is 10.0 Å². The molecule has 0 bridgehead atoms. The highest BCUT2D eigenvalue weighted by molar-refractivity contribution is 7.89. The standard InChI is InChI=1S/C14H22N2O2S/c1-3-4-12-5-7-13(8-6-12)19(17,18)16-14(2)9-10-15-11-14/h5-8,15-16H,3-4,9-11H2,1-2H3. The number of benzene rings is 1. The lowest BCUT2D eigenvalue weighted by Crippen LogP contribution is -2.47. The summed E-state index contributed by atoms with van der Waals surface area (Å²) >= 11 is 0. The molecular formula is C14H22N2O2S. The first kappa shape index (κ1) is 14.5. The average molecular weight is 282 g/mol. The Bertz CT molecular complexity index is 517.